The smallest absolute Gasteiger partial charge is 0.339 e. The minimum Gasteiger partial charge on any atom is -0.462 e. The number of carbonyl (C=O) groups excluding carboxylic acids is 1. The molecule has 4 nitrogen and oxygen atoms in total. The molecule has 2 heterocycles. The number of benzene rings is 1. The van der Waals surface area contributed by atoms with Gasteiger partial charge in [0.2, 0.25) is 0 Å². The van der Waals surface area contributed by atoms with E-state index in [9.17, 15) is 4.79 Å². The van der Waals surface area contributed by atoms with Gasteiger partial charge in [-0.2, -0.15) is 0 Å². The molecule has 3 aromatic rings. The van der Waals surface area contributed by atoms with Crippen molar-refractivity contribution in [2.45, 2.75) is 13.8 Å². The lowest BCUT2D eigenvalue weighted by Crippen LogP contribution is -2.05. The van der Waals surface area contributed by atoms with Gasteiger partial charge >= 0.3 is 5.97 Å². The Morgan fingerprint density at radius 2 is 1.95 bits per heavy atom. The molecule has 0 fully saturated rings. The van der Waals surface area contributed by atoms with E-state index < -0.39 is 0 Å². The van der Waals surface area contributed by atoms with Gasteiger partial charge in [-0.15, -0.1) is 0 Å². The summed E-state index contributed by atoms with van der Waals surface area (Å²) in [6.07, 6.45) is 1.51. The molecular weight excluding hydrogens is 276 g/mol. The van der Waals surface area contributed by atoms with Crippen molar-refractivity contribution in [2.24, 2.45) is 0 Å². The van der Waals surface area contributed by atoms with E-state index in [0.717, 1.165) is 22.2 Å². The Balaban J connectivity index is 2.08. The molecule has 110 valence electrons. The number of rotatable bonds is 3. The van der Waals surface area contributed by atoms with Gasteiger partial charge in [-0.25, -0.2) is 14.8 Å². The summed E-state index contributed by atoms with van der Waals surface area (Å²) in [4.78, 5) is 20.7. The molecule has 0 aliphatic heterocycles. The molecule has 2 aromatic heterocycles. The summed E-state index contributed by atoms with van der Waals surface area (Å²) in [5, 5.41) is 0.836. The summed E-state index contributed by atoms with van der Waals surface area (Å²) in [5.41, 5.74) is 4.07. The first kappa shape index (κ1) is 14.2. The van der Waals surface area contributed by atoms with Crippen LogP contribution in [-0.4, -0.2) is 22.5 Å². The summed E-state index contributed by atoms with van der Waals surface area (Å²) >= 11 is 0. The average molecular weight is 292 g/mol. The van der Waals surface area contributed by atoms with Crippen molar-refractivity contribution in [2.75, 3.05) is 6.61 Å². The molecule has 0 radical (unpaired) electrons. The lowest BCUT2D eigenvalue weighted by molar-refractivity contribution is 0.0526. The quantitative estimate of drug-likeness (QED) is 0.689. The fraction of sp³-hybridized carbons (Fsp3) is 0.167. The number of esters is 1. The number of ether oxygens (including phenoxy) is 1. The molecule has 3 rings (SSSR count). The molecule has 0 unspecified atom stereocenters. The molecular formula is C18H16N2O2. The van der Waals surface area contributed by atoms with Gasteiger partial charge in [-0.05, 0) is 31.5 Å². The number of aromatic nitrogens is 2. The van der Waals surface area contributed by atoms with Gasteiger partial charge in [0.05, 0.1) is 17.9 Å². The van der Waals surface area contributed by atoms with Crippen molar-refractivity contribution in [3.63, 3.8) is 0 Å². The van der Waals surface area contributed by atoms with Crippen LogP contribution in [0.15, 0.2) is 48.7 Å². The van der Waals surface area contributed by atoms with Crippen molar-refractivity contribution in [3.8, 4) is 11.3 Å². The van der Waals surface area contributed by atoms with Crippen molar-refractivity contribution in [3.05, 3.63) is 59.8 Å². The second-order valence-electron chi connectivity index (χ2n) is 5.01. The third kappa shape index (κ3) is 2.68. The Bertz CT molecular complexity index is 829. The third-order valence-corrected chi connectivity index (χ3v) is 3.42. The van der Waals surface area contributed by atoms with Crippen LogP contribution in [0.1, 0.15) is 22.8 Å². The predicted octanol–water partition coefficient (Wildman–Crippen LogP) is 3.78. The molecule has 0 bridgehead atoms. The summed E-state index contributed by atoms with van der Waals surface area (Å²) in [6, 6.07) is 13.8. The molecule has 0 saturated heterocycles. The first-order chi connectivity index (χ1) is 10.7. The predicted molar refractivity (Wildman–Crippen MR) is 85.7 cm³/mol. The fourth-order valence-electron chi connectivity index (χ4n) is 2.38. The minimum absolute atomic E-state index is 0.348. The van der Waals surface area contributed by atoms with Gasteiger partial charge in [0.15, 0.2) is 5.65 Å². The molecule has 0 N–H and O–H groups in total. The minimum atomic E-state index is -0.360. The lowest BCUT2D eigenvalue weighted by atomic mass is 10.1. The molecule has 1 aromatic carbocycles. The van der Waals surface area contributed by atoms with Crippen molar-refractivity contribution in [1.29, 1.82) is 0 Å². The van der Waals surface area contributed by atoms with Gasteiger partial charge in [-0.1, -0.05) is 30.3 Å². The summed E-state index contributed by atoms with van der Waals surface area (Å²) in [5.74, 6) is -0.360. The van der Waals surface area contributed by atoms with E-state index in [2.05, 4.69) is 9.97 Å². The second-order valence-corrected chi connectivity index (χ2v) is 5.01. The number of pyridine rings is 2. The molecule has 0 aliphatic carbocycles. The molecule has 0 spiro atoms. The van der Waals surface area contributed by atoms with Crippen LogP contribution in [0, 0.1) is 6.92 Å². The Kier molecular flexibility index (Phi) is 3.83. The van der Waals surface area contributed by atoms with Gasteiger partial charge in [0.1, 0.15) is 0 Å². The van der Waals surface area contributed by atoms with Crippen LogP contribution in [0.3, 0.4) is 0 Å². The van der Waals surface area contributed by atoms with Gasteiger partial charge < -0.3 is 4.74 Å². The molecule has 4 heteroatoms. The largest absolute Gasteiger partial charge is 0.462 e. The number of hydrogen-bond acceptors (Lipinski definition) is 4. The normalized spacial score (nSPS) is 10.6. The van der Waals surface area contributed by atoms with Crippen LogP contribution in [0.4, 0.5) is 0 Å². The molecule has 0 amide bonds. The Hall–Kier alpha value is -2.75. The van der Waals surface area contributed by atoms with E-state index in [1.165, 1.54) is 6.20 Å². The molecule has 0 saturated carbocycles. The third-order valence-electron chi connectivity index (χ3n) is 3.42. The van der Waals surface area contributed by atoms with E-state index in [4.69, 9.17) is 4.74 Å². The number of aryl methyl sites for hydroxylation is 1. The molecule has 0 aliphatic rings. The van der Waals surface area contributed by atoms with Crippen molar-refractivity contribution >= 4 is 17.0 Å². The first-order valence-corrected chi connectivity index (χ1v) is 7.19. The number of fused-ring (bicyclic) bond motifs is 1. The number of hydrogen-bond donors (Lipinski definition) is 0. The zero-order valence-electron chi connectivity index (χ0n) is 12.5. The molecule has 22 heavy (non-hydrogen) atoms. The summed E-state index contributed by atoms with van der Waals surface area (Å²) < 4.78 is 5.00. The van der Waals surface area contributed by atoms with Gasteiger partial charge in [0, 0.05) is 17.1 Å². The van der Waals surface area contributed by atoms with E-state index >= 15 is 0 Å². The zero-order chi connectivity index (χ0) is 15.5. The Morgan fingerprint density at radius 1 is 1.18 bits per heavy atom. The van der Waals surface area contributed by atoms with Crippen molar-refractivity contribution < 1.29 is 9.53 Å². The van der Waals surface area contributed by atoms with Crippen molar-refractivity contribution in [1.82, 2.24) is 9.97 Å². The van der Waals surface area contributed by atoms with Crippen LogP contribution >= 0.6 is 0 Å². The van der Waals surface area contributed by atoms with Crippen LogP contribution in [0.2, 0.25) is 0 Å². The van der Waals surface area contributed by atoms with Crippen LogP contribution in [-0.2, 0) is 4.74 Å². The maximum Gasteiger partial charge on any atom is 0.339 e. The van der Waals surface area contributed by atoms with Gasteiger partial charge in [0.25, 0.3) is 0 Å². The monoisotopic (exact) mass is 292 g/mol. The number of carbonyl (C=O) groups is 1. The SMILES string of the molecule is CCOC(=O)c1cnc2nc(-c3ccccc3)c(C)cc2c1. The highest BCUT2D eigenvalue weighted by molar-refractivity contribution is 5.93. The van der Waals surface area contributed by atoms with E-state index in [1.54, 1.807) is 13.0 Å². The van der Waals surface area contributed by atoms with E-state index in [0.29, 0.717) is 17.8 Å². The second kappa shape index (κ2) is 5.93. The standard InChI is InChI=1S/C18H16N2O2/c1-3-22-18(21)15-10-14-9-12(2)16(20-17(14)19-11-15)13-7-5-4-6-8-13/h4-11H,3H2,1-2H3. The maximum atomic E-state index is 11.8. The Labute approximate surface area is 128 Å². The highest BCUT2D eigenvalue weighted by Crippen LogP contribution is 2.24. The first-order valence-electron chi connectivity index (χ1n) is 7.19. The van der Waals surface area contributed by atoms with Crippen LogP contribution in [0.5, 0.6) is 0 Å². The lowest BCUT2D eigenvalue weighted by Gasteiger charge is -2.08. The maximum absolute atomic E-state index is 11.8. The van der Waals surface area contributed by atoms with E-state index in [-0.39, 0.29) is 5.97 Å². The average Bonchev–Trinajstić information content (AvgIpc) is 2.54. The highest BCUT2D eigenvalue weighted by atomic mass is 16.5. The van der Waals surface area contributed by atoms with Crippen LogP contribution in [0.25, 0.3) is 22.3 Å². The Morgan fingerprint density at radius 3 is 2.68 bits per heavy atom. The fourth-order valence-corrected chi connectivity index (χ4v) is 2.38. The highest BCUT2D eigenvalue weighted by Gasteiger charge is 2.11. The van der Waals surface area contributed by atoms with Gasteiger partial charge in [-0.3, -0.25) is 0 Å². The van der Waals surface area contributed by atoms with Crippen LogP contribution < -0.4 is 0 Å². The zero-order valence-corrected chi connectivity index (χ0v) is 12.5. The topological polar surface area (TPSA) is 52.1 Å². The summed E-state index contributed by atoms with van der Waals surface area (Å²) in [6.45, 7) is 4.14. The number of nitrogens with zero attached hydrogens (tertiary/aromatic N) is 2. The van der Waals surface area contributed by atoms with E-state index in [1.807, 2.05) is 43.3 Å². The summed E-state index contributed by atoms with van der Waals surface area (Å²) in [7, 11) is 0. The molecule has 0 atom stereocenters.